The number of carbonyl (C=O) groups is 2. The van der Waals surface area contributed by atoms with E-state index in [0.29, 0.717) is 24.7 Å². The van der Waals surface area contributed by atoms with Gasteiger partial charge < -0.3 is 25.5 Å². The molecule has 0 aromatic rings. The SMILES string of the molecule is CCCC(=O)N[C-]1CC(NC(=O)CCC)CC(C(C)CC)(C(C)CC)C1.[CH3-].[CH3-].[Ti+3]. The van der Waals surface area contributed by atoms with Crippen LogP contribution in [0, 0.1) is 38.1 Å². The predicted molar refractivity (Wildman–Crippen MR) is 121 cm³/mol. The molecular formula is C24H47N2O2Ti. The second-order valence-electron chi connectivity index (χ2n) is 8.35. The Kier molecular flexibility index (Phi) is 18.8. The van der Waals surface area contributed by atoms with Crippen molar-refractivity contribution in [1.29, 1.82) is 0 Å². The van der Waals surface area contributed by atoms with Crippen molar-refractivity contribution in [1.82, 2.24) is 10.6 Å². The topological polar surface area (TPSA) is 58.2 Å². The van der Waals surface area contributed by atoms with E-state index in [-0.39, 0.29) is 59.8 Å². The first-order valence-corrected chi connectivity index (χ1v) is 10.8. The minimum atomic E-state index is 0. The van der Waals surface area contributed by atoms with Gasteiger partial charge in [-0.3, -0.25) is 9.59 Å². The van der Waals surface area contributed by atoms with Gasteiger partial charge in [-0.1, -0.05) is 54.4 Å². The quantitative estimate of drug-likeness (QED) is 0.327. The molecule has 4 nitrogen and oxygen atoms in total. The number of hydrogen-bond acceptors (Lipinski definition) is 2. The normalized spacial score (nSPS) is 23.4. The standard InChI is InChI=1S/C22H41N2O2.2CH3.Ti/c1-7-11-20(25)23-18-13-19(24-21(26)12-8-2)15-22(14-18,16(5)9-3)17(6)10-4;;;/h16-18H,7-15H2,1-6H3,(H,23,25)(H,24,26);2*1H3;/q3*-1;+3. The molecule has 2 N–H and O–H groups in total. The van der Waals surface area contributed by atoms with Crippen LogP contribution in [-0.2, 0) is 31.3 Å². The maximum atomic E-state index is 12.2. The zero-order valence-electron chi connectivity index (χ0n) is 20.4. The first-order chi connectivity index (χ1) is 12.3. The Morgan fingerprint density at radius 1 is 0.966 bits per heavy atom. The molecule has 0 spiro atoms. The van der Waals surface area contributed by atoms with Crippen molar-refractivity contribution < 1.29 is 31.3 Å². The van der Waals surface area contributed by atoms with Crippen molar-refractivity contribution in [3.63, 3.8) is 0 Å². The van der Waals surface area contributed by atoms with Crippen molar-refractivity contribution in [3.05, 3.63) is 20.9 Å². The smallest absolute Gasteiger partial charge is 0.503 e. The summed E-state index contributed by atoms with van der Waals surface area (Å²) >= 11 is 0. The van der Waals surface area contributed by atoms with Crippen LogP contribution in [0.1, 0.15) is 99.3 Å². The van der Waals surface area contributed by atoms with E-state index in [1.54, 1.807) is 0 Å². The molecule has 3 atom stereocenters. The Hall–Kier alpha value is -0.346. The van der Waals surface area contributed by atoms with E-state index in [0.717, 1.165) is 51.0 Å². The molecule has 1 rings (SSSR count). The third-order valence-electron chi connectivity index (χ3n) is 6.48. The van der Waals surface area contributed by atoms with Crippen LogP contribution >= 0.6 is 0 Å². The fourth-order valence-corrected chi connectivity index (χ4v) is 4.63. The van der Waals surface area contributed by atoms with Crippen LogP contribution in [0.15, 0.2) is 0 Å². The van der Waals surface area contributed by atoms with E-state index in [1.165, 1.54) is 0 Å². The Balaban J connectivity index is -0.00000225. The van der Waals surface area contributed by atoms with Gasteiger partial charge in [0.05, 0.1) is 0 Å². The molecule has 0 heterocycles. The number of rotatable bonds is 10. The molecule has 1 radical (unpaired) electrons. The Labute approximate surface area is 197 Å². The summed E-state index contributed by atoms with van der Waals surface area (Å²) in [5.74, 6) is 1.37. The van der Waals surface area contributed by atoms with E-state index < -0.39 is 0 Å². The second-order valence-corrected chi connectivity index (χ2v) is 8.35. The van der Waals surface area contributed by atoms with Crippen molar-refractivity contribution in [3.8, 4) is 0 Å². The van der Waals surface area contributed by atoms with Crippen LogP contribution in [0.4, 0.5) is 0 Å². The molecule has 0 saturated heterocycles. The monoisotopic (exact) mass is 443 g/mol. The van der Waals surface area contributed by atoms with Gasteiger partial charge in [0.1, 0.15) is 0 Å². The summed E-state index contributed by atoms with van der Waals surface area (Å²) in [5, 5.41) is 6.45. The molecule has 1 aliphatic carbocycles. The molecule has 1 aliphatic rings. The van der Waals surface area contributed by atoms with Crippen LogP contribution in [0.2, 0.25) is 0 Å². The summed E-state index contributed by atoms with van der Waals surface area (Å²) in [5.41, 5.74) is 0.140. The van der Waals surface area contributed by atoms with E-state index in [2.05, 4.69) is 38.3 Å². The van der Waals surface area contributed by atoms with E-state index in [4.69, 9.17) is 0 Å². The van der Waals surface area contributed by atoms with Crippen LogP contribution in [0.25, 0.3) is 0 Å². The second kappa shape index (κ2) is 16.4. The summed E-state index contributed by atoms with van der Waals surface area (Å²) in [6.45, 7) is 13.3. The van der Waals surface area contributed by atoms with Gasteiger partial charge in [0.2, 0.25) is 5.91 Å². The Bertz CT molecular complexity index is 416. The van der Waals surface area contributed by atoms with Gasteiger partial charge in [-0.25, -0.2) is 6.04 Å². The van der Waals surface area contributed by atoms with Gasteiger partial charge in [0, 0.05) is 18.9 Å². The van der Waals surface area contributed by atoms with E-state index >= 15 is 0 Å². The Morgan fingerprint density at radius 3 is 1.90 bits per heavy atom. The summed E-state index contributed by atoms with van der Waals surface area (Å²) in [6.07, 6.45) is 7.85. The molecule has 1 saturated carbocycles. The van der Waals surface area contributed by atoms with Gasteiger partial charge in [-0.2, -0.15) is 6.42 Å². The first-order valence-electron chi connectivity index (χ1n) is 10.8. The number of hydrogen-bond donors (Lipinski definition) is 2. The predicted octanol–water partition coefficient (Wildman–Crippen LogP) is 5.88. The summed E-state index contributed by atoms with van der Waals surface area (Å²) in [4.78, 5) is 24.4. The molecule has 29 heavy (non-hydrogen) atoms. The Morgan fingerprint density at radius 2 is 1.45 bits per heavy atom. The molecule has 0 bridgehead atoms. The van der Waals surface area contributed by atoms with Crippen LogP contribution in [0.3, 0.4) is 0 Å². The van der Waals surface area contributed by atoms with Gasteiger partial charge in [-0.05, 0) is 36.5 Å². The third kappa shape index (κ3) is 9.55. The van der Waals surface area contributed by atoms with Gasteiger partial charge in [0.25, 0.3) is 0 Å². The van der Waals surface area contributed by atoms with Gasteiger partial charge in [0.15, 0.2) is 5.91 Å². The molecule has 169 valence electrons. The maximum Gasteiger partial charge on any atom is 3.00 e. The molecule has 5 heteroatoms. The number of carbonyl (C=O) groups excluding carboxylic acids is 2. The molecule has 0 aromatic heterocycles. The molecule has 1 fully saturated rings. The van der Waals surface area contributed by atoms with E-state index in [1.807, 2.05) is 13.8 Å². The van der Waals surface area contributed by atoms with Crippen LogP contribution in [-0.4, -0.2) is 17.9 Å². The van der Waals surface area contributed by atoms with Gasteiger partial charge in [-0.15, -0.1) is 6.42 Å². The fourth-order valence-electron chi connectivity index (χ4n) is 4.63. The number of nitrogens with one attached hydrogen (secondary N) is 2. The minimum Gasteiger partial charge on any atom is -0.503 e. The van der Waals surface area contributed by atoms with Crippen molar-refractivity contribution in [2.45, 2.75) is 105 Å². The first kappa shape index (κ1) is 33.3. The molecule has 0 aromatic carbocycles. The zero-order chi connectivity index (χ0) is 19.7. The van der Waals surface area contributed by atoms with Crippen LogP contribution < -0.4 is 10.6 Å². The summed E-state index contributed by atoms with van der Waals surface area (Å²) < 4.78 is 0. The van der Waals surface area contributed by atoms with Crippen molar-refractivity contribution >= 4 is 11.8 Å². The molecular weight excluding hydrogens is 396 g/mol. The average Bonchev–Trinajstić information content (AvgIpc) is 2.60. The van der Waals surface area contributed by atoms with Crippen molar-refractivity contribution in [2.24, 2.45) is 17.3 Å². The summed E-state index contributed by atoms with van der Waals surface area (Å²) in [6, 6.07) is 1.25. The van der Waals surface area contributed by atoms with Crippen molar-refractivity contribution in [2.75, 3.05) is 0 Å². The van der Waals surface area contributed by atoms with Gasteiger partial charge >= 0.3 is 21.7 Å². The third-order valence-corrected chi connectivity index (χ3v) is 6.48. The van der Waals surface area contributed by atoms with E-state index in [9.17, 15) is 9.59 Å². The number of amides is 2. The fraction of sp³-hybridized carbons (Fsp3) is 0.792. The largest absolute Gasteiger partial charge is 3.00 e. The summed E-state index contributed by atoms with van der Waals surface area (Å²) in [7, 11) is 0. The maximum absolute atomic E-state index is 12.2. The van der Waals surface area contributed by atoms with Crippen LogP contribution in [0.5, 0.6) is 0 Å². The minimum absolute atomic E-state index is 0. The molecule has 2 amide bonds. The average molecular weight is 444 g/mol. The molecule has 0 aliphatic heterocycles. The molecule has 3 unspecified atom stereocenters. The zero-order valence-corrected chi connectivity index (χ0v) is 22.0.